The number of hydrogen-bond acceptors (Lipinski definition) is 5. The van der Waals surface area contributed by atoms with Gasteiger partial charge in [-0.1, -0.05) is 17.4 Å². The molecule has 5 nitrogen and oxygen atoms in total. The molecule has 0 aliphatic rings. The van der Waals surface area contributed by atoms with E-state index in [1.807, 2.05) is 18.4 Å². The Morgan fingerprint density at radius 2 is 2.35 bits per heavy atom. The Kier molecular flexibility index (Phi) is 4.05. The minimum Gasteiger partial charge on any atom is -0.337 e. The molecule has 2 N–H and O–H groups in total. The number of carbonyl (C=O) groups is 1. The average molecular weight is 268 g/mol. The molecule has 0 unspecified atom stereocenters. The number of hydrogen-bond donors (Lipinski definition) is 2. The maximum absolute atomic E-state index is 11.5. The quantitative estimate of drug-likeness (QED) is 0.894. The van der Waals surface area contributed by atoms with E-state index >= 15 is 0 Å². The Bertz CT molecular complexity index is 480. The van der Waals surface area contributed by atoms with Crippen molar-refractivity contribution in [3.05, 3.63) is 27.4 Å². The van der Waals surface area contributed by atoms with Gasteiger partial charge in [-0.2, -0.15) is 0 Å². The van der Waals surface area contributed by atoms with E-state index in [1.165, 1.54) is 16.2 Å². The summed E-state index contributed by atoms with van der Waals surface area (Å²) in [5, 5.41) is 16.4. The molecule has 7 heteroatoms. The van der Waals surface area contributed by atoms with Gasteiger partial charge in [-0.25, -0.2) is 4.79 Å². The molecule has 0 bridgehead atoms. The first-order valence-corrected chi connectivity index (χ1v) is 6.81. The molecule has 2 amide bonds. The van der Waals surface area contributed by atoms with Gasteiger partial charge >= 0.3 is 6.03 Å². The SMILES string of the molecule is Cc1nnc(NC(=O)NCCc2cccs2)s1. The van der Waals surface area contributed by atoms with Crippen LogP contribution in [0.4, 0.5) is 9.93 Å². The molecular formula is C10H12N4OS2. The van der Waals surface area contributed by atoms with Gasteiger partial charge in [0, 0.05) is 11.4 Å². The largest absolute Gasteiger partial charge is 0.337 e. The number of nitrogens with one attached hydrogen (secondary N) is 2. The van der Waals surface area contributed by atoms with Crippen LogP contribution in [-0.2, 0) is 6.42 Å². The van der Waals surface area contributed by atoms with E-state index in [4.69, 9.17) is 0 Å². The number of aryl methyl sites for hydroxylation is 1. The second-order valence-corrected chi connectivity index (χ2v) is 5.55. The number of nitrogens with zero attached hydrogens (tertiary/aromatic N) is 2. The van der Waals surface area contributed by atoms with Crippen molar-refractivity contribution in [1.82, 2.24) is 15.5 Å². The third-order valence-electron chi connectivity index (χ3n) is 1.98. The van der Waals surface area contributed by atoms with Crippen molar-refractivity contribution in [2.24, 2.45) is 0 Å². The maximum atomic E-state index is 11.5. The molecule has 0 atom stereocenters. The third-order valence-corrected chi connectivity index (χ3v) is 3.67. The molecule has 0 radical (unpaired) electrons. The van der Waals surface area contributed by atoms with Gasteiger partial charge in [-0.3, -0.25) is 5.32 Å². The summed E-state index contributed by atoms with van der Waals surface area (Å²) in [5.41, 5.74) is 0. The molecule has 2 rings (SSSR count). The van der Waals surface area contributed by atoms with Crippen molar-refractivity contribution in [3.8, 4) is 0 Å². The van der Waals surface area contributed by atoms with Crippen molar-refractivity contribution in [2.45, 2.75) is 13.3 Å². The first-order chi connectivity index (χ1) is 8.24. The normalized spacial score (nSPS) is 10.2. The molecule has 0 aliphatic heterocycles. The lowest BCUT2D eigenvalue weighted by Gasteiger charge is -2.03. The Morgan fingerprint density at radius 3 is 3.00 bits per heavy atom. The molecule has 0 saturated carbocycles. The predicted molar refractivity (Wildman–Crippen MR) is 69.7 cm³/mol. The van der Waals surface area contributed by atoms with Gasteiger partial charge in [0.05, 0.1) is 0 Å². The van der Waals surface area contributed by atoms with E-state index in [-0.39, 0.29) is 6.03 Å². The van der Waals surface area contributed by atoms with Gasteiger partial charge in [-0.05, 0) is 24.8 Å². The summed E-state index contributed by atoms with van der Waals surface area (Å²) < 4.78 is 0. The van der Waals surface area contributed by atoms with Gasteiger partial charge in [0.2, 0.25) is 5.13 Å². The van der Waals surface area contributed by atoms with Crippen molar-refractivity contribution in [1.29, 1.82) is 0 Å². The number of aromatic nitrogens is 2. The number of urea groups is 1. The monoisotopic (exact) mass is 268 g/mol. The predicted octanol–water partition coefficient (Wildman–Crippen LogP) is 2.27. The fourth-order valence-electron chi connectivity index (χ4n) is 1.24. The number of rotatable bonds is 4. The fourth-order valence-corrected chi connectivity index (χ4v) is 2.54. The van der Waals surface area contributed by atoms with Crippen LogP contribution >= 0.6 is 22.7 Å². The molecule has 2 heterocycles. The van der Waals surface area contributed by atoms with Crippen LogP contribution < -0.4 is 10.6 Å². The van der Waals surface area contributed by atoms with Crippen molar-refractivity contribution >= 4 is 33.8 Å². The maximum Gasteiger partial charge on any atom is 0.321 e. The summed E-state index contributed by atoms with van der Waals surface area (Å²) in [4.78, 5) is 12.7. The average Bonchev–Trinajstić information content (AvgIpc) is 2.90. The summed E-state index contributed by atoms with van der Waals surface area (Å²) in [7, 11) is 0. The summed E-state index contributed by atoms with van der Waals surface area (Å²) in [6.07, 6.45) is 0.847. The number of anilines is 1. The van der Waals surface area contributed by atoms with Gasteiger partial charge < -0.3 is 5.32 Å². The van der Waals surface area contributed by atoms with Gasteiger partial charge in [-0.15, -0.1) is 21.5 Å². The van der Waals surface area contributed by atoms with E-state index in [0.29, 0.717) is 11.7 Å². The topological polar surface area (TPSA) is 66.9 Å². The second-order valence-electron chi connectivity index (χ2n) is 3.34. The van der Waals surface area contributed by atoms with Crippen LogP contribution in [0.1, 0.15) is 9.88 Å². The lowest BCUT2D eigenvalue weighted by Crippen LogP contribution is -2.30. The number of thiophene rings is 1. The van der Waals surface area contributed by atoms with Gasteiger partial charge in [0.25, 0.3) is 0 Å². The van der Waals surface area contributed by atoms with Crippen LogP contribution in [0.25, 0.3) is 0 Å². The summed E-state index contributed by atoms with van der Waals surface area (Å²) in [5.74, 6) is 0. The van der Waals surface area contributed by atoms with Crippen LogP contribution in [0, 0.1) is 6.92 Å². The highest BCUT2D eigenvalue weighted by molar-refractivity contribution is 7.15. The lowest BCUT2D eigenvalue weighted by molar-refractivity contribution is 0.252. The minimum absolute atomic E-state index is 0.238. The minimum atomic E-state index is -0.238. The summed E-state index contributed by atoms with van der Waals surface area (Å²) in [6, 6.07) is 3.82. The van der Waals surface area contributed by atoms with Crippen LogP contribution in [0.15, 0.2) is 17.5 Å². The second kappa shape index (κ2) is 5.74. The molecular weight excluding hydrogens is 256 g/mol. The fraction of sp³-hybridized carbons (Fsp3) is 0.300. The first-order valence-electron chi connectivity index (χ1n) is 5.11. The van der Waals surface area contributed by atoms with E-state index in [2.05, 4.69) is 26.9 Å². The molecule has 17 heavy (non-hydrogen) atoms. The highest BCUT2D eigenvalue weighted by Crippen LogP contribution is 2.13. The molecule has 0 aromatic carbocycles. The van der Waals surface area contributed by atoms with Crippen LogP contribution in [0.3, 0.4) is 0 Å². The Hall–Kier alpha value is -1.47. The van der Waals surface area contributed by atoms with Gasteiger partial charge in [0.15, 0.2) is 0 Å². The zero-order valence-electron chi connectivity index (χ0n) is 9.27. The Balaban J connectivity index is 1.71. The van der Waals surface area contributed by atoms with E-state index in [1.54, 1.807) is 11.3 Å². The van der Waals surface area contributed by atoms with Crippen LogP contribution in [-0.4, -0.2) is 22.8 Å². The molecule has 0 aliphatic carbocycles. The number of amides is 2. The van der Waals surface area contributed by atoms with Crippen molar-refractivity contribution in [2.75, 3.05) is 11.9 Å². The zero-order chi connectivity index (χ0) is 12.1. The van der Waals surface area contributed by atoms with Gasteiger partial charge in [0.1, 0.15) is 5.01 Å². The third kappa shape index (κ3) is 3.79. The highest BCUT2D eigenvalue weighted by Gasteiger charge is 2.05. The Labute approximate surface area is 107 Å². The standard InChI is InChI=1S/C10H12N4OS2/c1-7-13-14-10(17-7)12-9(15)11-5-4-8-3-2-6-16-8/h2-3,6H,4-5H2,1H3,(H2,11,12,14,15). The van der Waals surface area contributed by atoms with Crippen molar-refractivity contribution < 1.29 is 4.79 Å². The zero-order valence-corrected chi connectivity index (χ0v) is 10.9. The summed E-state index contributed by atoms with van der Waals surface area (Å²) in [6.45, 7) is 2.46. The molecule has 2 aromatic rings. The highest BCUT2D eigenvalue weighted by atomic mass is 32.1. The lowest BCUT2D eigenvalue weighted by atomic mass is 10.3. The Morgan fingerprint density at radius 1 is 1.47 bits per heavy atom. The molecule has 2 aromatic heterocycles. The number of carbonyl (C=O) groups excluding carboxylic acids is 1. The van der Waals surface area contributed by atoms with Crippen molar-refractivity contribution in [3.63, 3.8) is 0 Å². The van der Waals surface area contributed by atoms with Crippen LogP contribution in [0.2, 0.25) is 0 Å². The van der Waals surface area contributed by atoms with E-state index in [9.17, 15) is 4.79 Å². The van der Waals surface area contributed by atoms with E-state index < -0.39 is 0 Å². The molecule has 0 saturated heterocycles. The molecule has 0 fully saturated rings. The molecule has 0 spiro atoms. The summed E-state index contributed by atoms with van der Waals surface area (Å²) >= 11 is 3.05. The van der Waals surface area contributed by atoms with Crippen LogP contribution in [0.5, 0.6) is 0 Å². The smallest absolute Gasteiger partial charge is 0.321 e. The van der Waals surface area contributed by atoms with E-state index in [0.717, 1.165) is 11.4 Å². The first kappa shape index (κ1) is 12.0. The molecule has 90 valence electrons.